The molecule has 0 nitrogen and oxygen atoms in total. The van der Waals surface area contributed by atoms with Gasteiger partial charge in [0.2, 0.25) is 0 Å². The molecule has 1 heteroatoms. The third-order valence-corrected chi connectivity index (χ3v) is 5.89. The Balaban J connectivity index is 1.80. The lowest BCUT2D eigenvalue weighted by Crippen LogP contribution is -2.17. The van der Waals surface area contributed by atoms with Gasteiger partial charge in [-0.3, -0.25) is 0 Å². The molecule has 0 heterocycles. The van der Waals surface area contributed by atoms with Crippen LogP contribution in [0.3, 0.4) is 0 Å². The second kappa shape index (κ2) is 5.09. The molecule has 0 radical (unpaired) electrons. The van der Waals surface area contributed by atoms with Crippen LogP contribution in [0, 0.1) is 3.57 Å². The van der Waals surface area contributed by atoms with Gasteiger partial charge in [-0.2, -0.15) is 0 Å². The number of hydrogen-bond acceptors (Lipinski definition) is 0. The van der Waals surface area contributed by atoms with E-state index in [1.165, 1.54) is 25.8 Å². The molecule has 22 heavy (non-hydrogen) atoms. The number of halogens is 1. The van der Waals surface area contributed by atoms with E-state index in [0.717, 1.165) is 6.42 Å². The maximum absolute atomic E-state index is 2.44. The molecular weight excluding hydrogens is 379 g/mol. The summed E-state index contributed by atoms with van der Waals surface area (Å²) in [5, 5.41) is 0. The SMILES string of the molecule is CC1(C)C2=CC(c3ccc(I)cc3)=CCC2c2ccccc21. The Hall–Kier alpha value is -1.35. The van der Waals surface area contributed by atoms with E-state index >= 15 is 0 Å². The van der Waals surface area contributed by atoms with Crippen LogP contribution < -0.4 is 0 Å². The molecule has 0 saturated heterocycles. The lowest BCUT2D eigenvalue weighted by atomic mass is 9.77. The van der Waals surface area contributed by atoms with Gasteiger partial charge in [-0.05, 0) is 63.4 Å². The first kappa shape index (κ1) is 14.3. The summed E-state index contributed by atoms with van der Waals surface area (Å²) in [6.07, 6.45) is 5.97. The largest absolute Gasteiger partial charge is 0.0757 e. The summed E-state index contributed by atoms with van der Waals surface area (Å²) in [6, 6.07) is 17.8. The van der Waals surface area contributed by atoms with Crippen LogP contribution in [0.4, 0.5) is 0 Å². The Morgan fingerprint density at radius 2 is 1.73 bits per heavy atom. The van der Waals surface area contributed by atoms with Crippen LogP contribution >= 0.6 is 22.6 Å². The Morgan fingerprint density at radius 3 is 2.50 bits per heavy atom. The first-order valence-electron chi connectivity index (χ1n) is 7.85. The van der Waals surface area contributed by atoms with Crippen molar-refractivity contribution < 1.29 is 0 Å². The fourth-order valence-corrected chi connectivity index (χ4v) is 4.34. The predicted molar refractivity (Wildman–Crippen MR) is 102 cm³/mol. The fraction of sp³-hybridized carbons (Fsp3) is 0.238. The number of allylic oxidation sites excluding steroid dienone is 4. The molecule has 4 rings (SSSR count). The highest BCUT2D eigenvalue weighted by atomic mass is 127. The molecule has 0 aliphatic heterocycles. The fourth-order valence-electron chi connectivity index (χ4n) is 3.98. The van der Waals surface area contributed by atoms with Crippen molar-refractivity contribution >= 4 is 28.2 Å². The van der Waals surface area contributed by atoms with Crippen LogP contribution in [0.25, 0.3) is 5.57 Å². The number of rotatable bonds is 1. The van der Waals surface area contributed by atoms with Crippen LogP contribution in [0.5, 0.6) is 0 Å². The molecule has 0 aromatic heterocycles. The van der Waals surface area contributed by atoms with E-state index in [1.54, 1.807) is 5.57 Å². The molecule has 2 aromatic carbocycles. The van der Waals surface area contributed by atoms with Gasteiger partial charge in [0.1, 0.15) is 0 Å². The molecule has 2 aliphatic carbocycles. The van der Waals surface area contributed by atoms with Crippen molar-refractivity contribution in [3.05, 3.63) is 86.5 Å². The third-order valence-electron chi connectivity index (χ3n) is 5.17. The van der Waals surface area contributed by atoms with Crippen molar-refractivity contribution in [2.24, 2.45) is 0 Å². The van der Waals surface area contributed by atoms with Gasteiger partial charge in [0.15, 0.2) is 0 Å². The van der Waals surface area contributed by atoms with E-state index < -0.39 is 0 Å². The van der Waals surface area contributed by atoms with E-state index in [-0.39, 0.29) is 5.41 Å². The van der Waals surface area contributed by atoms with Crippen molar-refractivity contribution in [2.75, 3.05) is 0 Å². The van der Waals surface area contributed by atoms with Gasteiger partial charge in [-0.1, -0.05) is 68.0 Å². The van der Waals surface area contributed by atoms with Gasteiger partial charge in [0.25, 0.3) is 0 Å². The van der Waals surface area contributed by atoms with Crippen LogP contribution in [0.1, 0.15) is 42.9 Å². The average molecular weight is 398 g/mol. The second-order valence-electron chi connectivity index (χ2n) is 6.77. The van der Waals surface area contributed by atoms with Crippen molar-refractivity contribution in [3.8, 4) is 0 Å². The van der Waals surface area contributed by atoms with Gasteiger partial charge >= 0.3 is 0 Å². The highest BCUT2D eigenvalue weighted by molar-refractivity contribution is 14.1. The minimum Gasteiger partial charge on any atom is -0.0757 e. The van der Waals surface area contributed by atoms with Gasteiger partial charge in [0, 0.05) is 14.9 Å². The van der Waals surface area contributed by atoms with E-state index in [9.17, 15) is 0 Å². The van der Waals surface area contributed by atoms with Gasteiger partial charge < -0.3 is 0 Å². The molecule has 0 amide bonds. The molecule has 0 spiro atoms. The monoisotopic (exact) mass is 398 g/mol. The van der Waals surface area contributed by atoms with E-state index in [1.807, 2.05) is 0 Å². The smallest absolute Gasteiger partial charge is 0.0130 e. The van der Waals surface area contributed by atoms with Gasteiger partial charge in [-0.25, -0.2) is 0 Å². The zero-order chi connectivity index (χ0) is 15.3. The van der Waals surface area contributed by atoms with Crippen molar-refractivity contribution in [1.82, 2.24) is 0 Å². The average Bonchev–Trinajstić information content (AvgIpc) is 2.77. The first-order valence-corrected chi connectivity index (χ1v) is 8.93. The summed E-state index contributed by atoms with van der Waals surface area (Å²) >= 11 is 2.36. The van der Waals surface area contributed by atoms with Gasteiger partial charge in [-0.15, -0.1) is 0 Å². The Kier molecular flexibility index (Phi) is 3.30. The van der Waals surface area contributed by atoms with Crippen LogP contribution in [-0.4, -0.2) is 0 Å². The lowest BCUT2D eigenvalue weighted by Gasteiger charge is -2.27. The van der Waals surface area contributed by atoms with Crippen molar-refractivity contribution in [1.29, 1.82) is 0 Å². The quantitative estimate of drug-likeness (QED) is 0.511. The molecule has 2 aromatic rings. The topological polar surface area (TPSA) is 0 Å². The maximum Gasteiger partial charge on any atom is 0.0130 e. The first-order chi connectivity index (χ1) is 10.6. The second-order valence-corrected chi connectivity index (χ2v) is 8.01. The lowest BCUT2D eigenvalue weighted by molar-refractivity contribution is 0.613. The standard InChI is InChI=1S/C21H19I/c1-21(2)19-6-4-3-5-17(19)18-12-9-15(13-20(18)21)14-7-10-16(22)11-8-14/h3-11,13,18H,12H2,1-2H3. The summed E-state index contributed by atoms with van der Waals surface area (Å²) in [5.41, 5.74) is 7.45. The summed E-state index contributed by atoms with van der Waals surface area (Å²) in [4.78, 5) is 0. The Bertz CT molecular complexity index is 791. The molecule has 1 unspecified atom stereocenters. The Labute approximate surface area is 146 Å². The molecular formula is C21H19I. The van der Waals surface area contributed by atoms with Crippen molar-refractivity contribution in [2.45, 2.75) is 31.6 Å². The molecule has 0 saturated carbocycles. The minimum absolute atomic E-state index is 0.143. The van der Waals surface area contributed by atoms with Crippen LogP contribution in [0.15, 0.2) is 66.3 Å². The number of benzene rings is 2. The predicted octanol–water partition coefficient (Wildman–Crippen LogP) is 6.08. The molecule has 1 atom stereocenters. The van der Waals surface area contributed by atoms with Crippen molar-refractivity contribution in [3.63, 3.8) is 0 Å². The molecule has 0 N–H and O–H groups in total. The molecule has 0 bridgehead atoms. The van der Waals surface area contributed by atoms with E-state index in [0.29, 0.717) is 5.92 Å². The minimum atomic E-state index is 0.143. The Morgan fingerprint density at radius 1 is 1.00 bits per heavy atom. The highest BCUT2D eigenvalue weighted by Gasteiger charge is 2.41. The molecule has 2 aliphatic rings. The highest BCUT2D eigenvalue weighted by Crippen LogP contribution is 2.53. The van der Waals surface area contributed by atoms with E-state index in [2.05, 4.69) is 97.1 Å². The summed E-state index contributed by atoms with van der Waals surface area (Å²) in [7, 11) is 0. The van der Waals surface area contributed by atoms with Crippen LogP contribution in [0.2, 0.25) is 0 Å². The van der Waals surface area contributed by atoms with E-state index in [4.69, 9.17) is 0 Å². The normalized spacial score (nSPS) is 21.7. The summed E-state index contributed by atoms with van der Waals surface area (Å²) < 4.78 is 1.29. The molecule has 0 fully saturated rings. The third kappa shape index (κ3) is 2.10. The van der Waals surface area contributed by atoms with Gasteiger partial charge in [0.05, 0.1) is 0 Å². The molecule has 110 valence electrons. The summed E-state index contributed by atoms with van der Waals surface area (Å²) in [5.74, 6) is 0.568. The maximum atomic E-state index is 2.44. The number of hydrogen-bond donors (Lipinski definition) is 0. The zero-order valence-electron chi connectivity index (χ0n) is 12.9. The number of fused-ring (bicyclic) bond motifs is 3. The zero-order valence-corrected chi connectivity index (χ0v) is 15.1. The summed E-state index contributed by atoms with van der Waals surface area (Å²) in [6.45, 7) is 4.74. The van der Waals surface area contributed by atoms with Crippen LogP contribution in [-0.2, 0) is 5.41 Å².